The first-order valence-electron chi connectivity index (χ1n) is 8.89. The molecule has 1 saturated carbocycles. The predicted octanol–water partition coefficient (Wildman–Crippen LogP) is 1.58. The van der Waals surface area contributed by atoms with Crippen molar-refractivity contribution in [2.24, 2.45) is 0 Å². The summed E-state index contributed by atoms with van der Waals surface area (Å²) >= 11 is 0. The fourth-order valence-corrected chi connectivity index (χ4v) is 3.27. The second-order valence-corrected chi connectivity index (χ2v) is 6.46. The van der Waals surface area contributed by atoms with Gasteiger partial charge in [-0.2, -0.15) is 0 Å². The molecule has 0 aromatic carbocycles. The topological polar surface area (TPSA) is 131 Å². The van der Waals surface area contributed by atoms with Crippen LogP contribution in [-0.2, 0) is 4.74 Å². The van der Waals surface area contributed by atoms with E-state index in [4.69, 9.17) is 4.74 Å². The maximum absolute atomic E-state index is 12.5. The number of pyridine rings is 2. The van der Waals surface area contributed by atoms with Crippen LogP contribution in [0.25, 0.3) is 11.0 Å². The van der Waals surface area contributed by atoms with Gasteiger partial charge in [0.1, 0.15) is 5.75 Å². The summed E-state index contributed by atoms with van der Waals surface area (Å²) in [5.74, 6) is -2.12. The van der Waals surface area contributed by atoms with Gasteiger partial charge in [-0.05, 0) is 25.8 Å². The van der Waals surface area contributed by atoms with Crippen LogP contribution in [0.3, 0.4) is 0 Å². The molecule has 1 amide bonds. The van der Waals surface area contributed by atoms with E-state index in [1.165, 1.54) is 12.3 Å². The zero-order valence-corrected chi connectivity index (χ0v) is 14.9. The Kier molecular flexibility index (Phi) is 5.29. The van der Waals surface area contributed by atoms with Crippen LogP contribution in [0.1, 0.15) is 59.7 Å². The number of ether oxygens (including phenoxy) is 1. The number of amides is 1. The third-order valence-electron chi connectivity index (χ3n) is 4.65. The van der Waals surface area contributed by atoms with Crippen molar-refractivity contribution in [2.45, 2.75) is 45.1 Å². The number of carbonyl (C=O) groups excluding carboxylic acids is 2. The standard InChI is InChI=1S/C18H21N3O6/c1-2-27-18(25)13-14(22)12-8-10(9-19-15(12)21(26)17(13)24)16(23)20-11-6-4-3-5-7-11/h8-9,11,22,26H,2-7H2,1H3,(H,20,23). The lowest BCUT2D eigenvalue weighted by atomic mass is 9.95. The molecule has 1 aliphatic carbocycles. The molecule has 0 aliphatic heterocycles. The highest BCUT2D eigenvalue weighted by Crippen LogP contribution is 2.26. The quantitative estimate of drug-likeness (QED) is 0.546. The maximum atomic E-state index is 12.5. The van der Waals surface area contributed by atoms with E-state index in [1.807, 2.05) is 0 Å². The van der Waals surface area contributed by atoms with Gasteiger partial charge in [-0.15, -0.1) is 4.73 Å². The van der Waals surface area contributed by atoms with E-state index in [1.54, 1.807) is 6.92 Å². The Labute approximate surface area is 154 Å². The number of hydrogen-bond acceptors (Lipinski definition) is 7. The highest BCUT2D eigenvalue weighted by atomic mass is 16.5. The number of carbonyl (C=O) groups is 2. The zero-order chi connectivity index (χ0) is 19.6. The van der Waals surface area contributed by atoms with Crippen LogP contribution in [0.2, 0.25) is 0 Å². The summed E-state index contributed by atoms with van der Waals surface area (Å²) in [5.41, 5.74) is -1.97. The lowest BCUT2D eigenvalue weighted by molar-refractivity contribution is 0.0515. The smallest absolute Gasteiger partial charge is 0.347 e. The van der Waals surface area contributed by atoms with Gasteiger partial charge in [0.2, 0.25) is 0 Å². The van der Waals surface area contributed by atoms with Gasteiger partial charge in [0.15, 0.2) is 11.2 Å². The van der Waals surface area contributed by atoms with Crippen molar-refractivity contribution in [1.29, 1.82) is 0 Å². The molecule has 0 saturated heterocycles. The molecule has 0 unspecified atom stereocenters. The fraction of sp³-hybridized carbons (Fsp3) is 0.444. The number of nitrogens with one attached hydrogen (secondary N) is 1. The Morgan fingerprint density at radius 2 is 2.04 bits per heavy atom. The van der Waals surface area contributed by atoms with Crippen molar-refractivity contribution in [3.8, 4) is 5.75 Å². The van der Waals surface area contributed by atoms with Crippen molar-refractivity contribution >= 4 is 22.9 Å². The van der Waals surface area contributed by atoms with Crippen LogP contribution < -0.4 is 10.9 Å². The van der Waals surface area contributed by atoms with E-state index in [0.717, 1.165) is 32.1 Å². The molecular formula is C18H21N3O6. The molecule has 9 heteroatoms. The van der Waals surface area contributed by atoms with Gasteiger partial charge in [-0.25, -0.2) is 9.78 Å². The number of nitrogens with zero attached hydrogens (tertiary/aromatic N) is 2. The molecular weight excluding hydrogens is 354 g/mol. The molecule has 0 atom stereocenters. The predicted molar refractivity (Wildman–Crippen MR) is 95.1 cm³/mol. The molecule has 144 valence electrons. The molecule has 27 heavy (non-hydrogen) atoms. The second-order valence-electron chi connectivity index (χ2n) is 6.46. The van der Waals surface area contributed by atoms with Gasteiger partial charge in [0.25, 0.3) is 5.91 Å². The summed E-state index contributed by atoms with van der Waals surface area (Å²) in [5, 5.41) is 23.2. The fourth-order valence-electron chi connectivity index (χ4n) is 3.27. The van der Waals surface area contributed by atoms with Crippen molar-refractivity contribution < 1.29 is 24.6 Å². The third-order valence-corrected chi connectivity index (χ3v) is 4.65. The van der Waals surface area contributed by atoms with Gasteiger partial charge >= 0.3 is 11.5 Å². The summed E-state index contributed by atoms with van der Waals surface area (Å²) in [7, 11) is 0. The summed E-state index contributed by atoms with van der Waals surface area (Å²) in [6.07, 6.45) is 6.28. The van der Waals surface area contributed by atoms with Crippen LogP contribution in [0.5, 0.6) is 5.75 Å². The van der Waals surface area contributed by atoms with Crippen LogP contribution in [-0.4, -0.2) is 44.6 Å². The first-order valence-corrected chi connectivity index (χ1v) is 8.89. The molecule has 3 rings (SSSR count). The average molecular weight is 375 g/mol. The maximum Gasteiger partial charge on any atom is 0.347 e. The Bertz CT molecular complexity index is 946. The number of rotatable bonds is 4. The highest BCUT2D eigenvalue weighted by molar-refractivity contribution is 6.02. The Hall–Kier alpha value is -3.10. The van der Waals surface area contributed by atoms with Crippen LogP contribution in [0, 0.1) is 0 Å². The van der Waals surface area contributed by atoms with E-state index in [0.29, 0.717) is 0 Å². The first-order chi connectivity index (χ1) is 12.9. The van der Waals surface area contributed by atoms with Crippen LogP contribution >= 0.6 is 0 Å². The average Bonchev–Trinajstić information content (AvgIpc) is 2.67. The molecule has 0 spiro atoms. The molecule has 1 aliphatic rings. The molecule has 2 heterocycles. The zero-order valence-electron chi connectivity index (χ0n) is 14.9. The van der Waals surface area contributed by atoms with E-state index in [2.05, 4.69) is 10.3 Å². The van der Waals surface area contributed by atoms with Gasteiger partial charge in [-0.3, -0.25) is 9.59 Å². The SMILES string of the molecule is CCOC(=O)c1c(O)c2cc(C(=O)NC3CCCCC3)cnc2n(O)c1=O. The van der Waals surface area contributed by atoms with E-state index < -0.39 is 22.8 Å². The molecule has 2 aromatic rings. The monoisotopic (exact) mass is 375 g/mol. The lowest BCUT2D eigenvalue weighted by Gasteiger charge is -2.22. The van der Waals surface area contributed by atoms with E-state index in [-0.39, 0.29) is 39.9 Å². The molecule has 2 aromatic heterocycles. The van der Waals surface area contributed by atoms with E-state index >= 15 is 0 Å². The van der Waals surface area contributed by atoms with E-state index in [9.17, 15) is 24.7 Å². The van der Waals surface area contributed by atoms with Crippen LogP contribution in [0.15, 0.2) is 17.1 Å². The minimum Gasteiger partial charge on any atom is -0.506 e. The van der Waals surface area contributed by atoms with Crippen LogP contribution in [0.4, 0.5) is 0 Å². The molecule has 9 nitrogen and oxygen atoms in total. The number of aromatic nitrogens is 2. The number of hydrogen-bond donors (Lipinski definition) is 3. The summed E-state index contributed by atoms with van der Waals surface area (Å²) in [4.78, 5) is 40.5. The minimum atomic E-state index is -1.15. The minimum absolute atomic E-state index is 0.0107. The second kappa shape index (κ2) is 7.65. The highest BCUT2D eigenvalue weighted by Gasteiger charge is 2.25. The third kappa shape index (κ3) is 3.57. The van der Waals surface area contributed by atoms with Gasteiger partial charge in [0.05, 0.1) is 17.6 Å². The molecule has 0 radical (unpaired) electrons. The number of fused-ring (bicyclic) bond motifs is 1. The number of aromatic hydroxyl groups is 1. The Morgan fingerprint density at radius 1 is 1.33 bits per heavy atom. The van der Waals surface area contributed by atoms with Crippen molar-refractivity contribution in [3.63, 3.8) is 0 Å². The van der Waals surface area contributed by atoms with Crippen molar-refractivity contribution in [1.82, 2.24) is 15.0 Å². The molecule has 3 N–H and O–H groups in total. The van der Waals surface area contributed by atoms with Crippen molar-refractivity contribution in [2.75, 3.05) is 6.61 Å². The molecule has 0 bridgehead atoms. The molecule has 1 fully saturated rings. The first kappa shape index (κ1) is 18.7. The largest absolute Gasteiger partial charge is 0.506 e. The number of esters is 1. The van der Waals surface area contributed by atoms with Crippen molar-refractivity contribution in [3.05, 3.63) is 33.7 Å². The van der Waals surface area contributed by atoms with Gasteiger partial charge in [-0.1, -0.05) is 19.3 Å². The normalized spacial score (nSPS) is 14.9. The summed E-state index contributed by atoms with van der Waals surface area (Å²) in [6, 6.07) is 1.36. The Morgan fingerprint density at radius 3 is 2.70 bits per heavy atom. The lowest BCUT2D eigenvalue weighted by Crippen LogP contribution is -2.36. The van der Waals surface area contributed by atoms with Gasteiger partial charge < -0.3 is 20.4 Å². The Balaban J connectivity index is 2.01. The summed E-state index contributed by atoms with van der Waals surface area (Å²) < 4.78 is 4.91. The summed E-state index contributed by atoms with van der Waals surface area (Å²) in [6.45, 7) is 1.53. The van der Waals surface area contributed by atoms with Gasteiger partial charge in [0, 0.05) is 12.2 Å².